The first-order chi connectivity index (χ1) is 4.84. The molecular formula is C8H11BrO. The number of carbonyl (C=O) groups excluding carboxylic acids is 1. The van der Waals surface area contributed by atoms with Crippen molar-refractivity contribution in [3.63, 3.8) is 0 Å². The molecule has 1 saturated carbocycles. The maximum atomic E-state index is 11.1. The SMILES string of the molecule is O=C1CCCCC/C1=C/Br. The molecule has 0 amide bonds. The van der Waals surface area contributed by atoms with Crippen LogP contribution in [0, 0.1) is 0 Å². The summed E-state index contributed by atoms with van der Waals surface area (Å²) in [6, 6.07) is 0. The Morgan fingerprint density at radius 3 is 2.60 bits per heavy atom. The third-order valence-electron chi connectivity index (χ3n) is 1.84. The van der Waals surface area contributed by atoms with Gasteiger partial charge in [0.25, 0.3) is 0 Å². The van der Waals surface area contributed by atoms with Gasteiger partial charge in [0.05, 0.1) is 0 Å². The summed E-state index contributed by atoms with van der Waals surface area (Å²) in [5.41, 5.74) is 0.970. The zero-order chi connectivity index (χ0) is 7.40. The Morgan fingerprint density at radius 2 is 1.90 bits per heavy atom. The molecule has 0 aromatic carbocycles. The van der Waals surface area contributed by atoms with E-state index in [4.69, 9.17) is 0 Å². The predicted molar refractivity (Wildman–Crippen MR) is 45.1 cm³/mol. The van der Waals surface area contributed by atoms with Gasteiger partial charge in [0.2, 0.25) is 0 Å². The first-order valence-electron chi connectivity index (χ1n) is 3.67. The molecule has 0 aliphatic heterocycles. The van der Waals surface area contributed by atoms with Gasteiger partial charge in [0.15, 0.2) is 5.78 Å². The first kappa shape index (κ1) is 7.99. The minimum Gasteiger partial charge on any atom is -0.295 e. The van der Waals surface area contributed by atoms with Crippen molar-refractivity contribution in [1.82, 2.24) is 0 Å². The van der Waals surface area contributed by atoms with Gasteiger partial charge in [-0.2, -0.15) is 0 Å². The molecule has 0 unspecified atom stereocenters. The van der Waals surface area contributed by atoms with E-state index < -0.39 is 0 Å². The lowest BCUT2D eigenvalue weighted by atomic mass is 10.1. The zero-order valence-electron chi connectivity index (χ0n) is 5.90. The van der Waals surface area contributed by atoms with Gasteiger partial charge >= 0.3 is 0 Å². The number of allylic oxidation sites excluding steroid dienone is 1. The van der Waals surface area contributed by atoms with Crippen molar-refractivity contribution in [2.75, 3.05) is 0 Å². The standard InChI is InChI=1S/C8H11BrO/c9-6-7-4-2-1-3-5-8(7)10/h6H,1-5H2/b7-6-. The van der Waals surface area contributed by atoms with Crippen molar-refractivity contribution in [2.24, 2.45) is 0 Å². The monoisotopic (exact) mass is 202 g/mol. The Bertz CT molecular complexity index is 161. The normalized spacial score (nSPS) is 24.9. The molecule has 0 spiro atoms. The van der Waals surface area contributed by atoms with E-state index in [2.05, 4.69) is 15.9 Å². The number of halogens is 1. The van der Waals surface area contributed by atoms with Crippen LogP contribution < -0.4 is 0 Å². The van der Waals surface area contributed by atoms with Crippen LogP contribution in [0.3, 0.4) is 0 Å². The lowest BCUT2D eigenvalue weighted by Gasteiger charge is -1.96. The molecule has 1 aliphatic rings. The lowest BCUT2D eigenvalue weighted by molar-refractivity contribution is -0.115. The van der Waals surface area contributed by atoms with E-state index in [1.165, 1.54) is 12.8 Å². The van der Waals surface area contributed by atoms with Crippen molar-refractivity contribution < 1.29 is 4.79 Å². The molecule has 0 radical (unpaired) electrons. The number of ketones is 1. The summed E-state index contributed by atoms with van der Waals surface area (Å²) in [6.45, 7) is 0. The second-order valence-electron chi connectivity index (χ2n) is 2.62. The van der Waals surface area contributed by atoms with Crippen molar-refractivity contribution in [2.45, 2.75) is 32.1 Å². The highest BCUT2D eigenvalue weighted by Crippen LogP contribution is 2.19. The molecule has 0 heterocycles. The van der Waals surface area contributed by atoms with Crippen LogP contribution in [0.4, 0.5) is 0 Å². The maximum absolute atomic E-state index is 11.1. The molecule has 1 rings (SSSR count). The van der Waals surface area contributed by atoms with Crippen LogP contribution >= 0.6 is 15.9 Å². The Labute approximate surface area is 69.6 Å². The van der Waals surface area contributed by atoms with Gasteiger partial charge in [-0.05, 0) is 24.2 Å². The average molecular weight is 203 g/mol. The zero-order valence-corrected chi connectivity index (χ0v) is 7.49. The summed E-state index contributed by atoms with van der Waals surface area (Å²) >= 11 is 3.20. The number of hydrogen-bond acceptors (Lipinski definition) is 1. The van der Waals surface area contributed by atoms with Crippen LogP contribution in [0.1, 0.15) is 32.1 Å². The highest BCUT2D eigenvalue weighted by Gasteiger charge is 2.11. The summed E-state index contributed by atoms with van der Waals surface area (Å²) in [7, 11) is 0. The van der Waals surface area contributed by atoms with Crippen LogP contribution in [-0.4, -0.2) is 5.78 Å². The summed E-state index contributed by atoms with van der Waals surface area (Å²) < 4.78 is 0. The molecule has 0 N–H and O–H groups in total. The topological polar surface area (TPSA) is 17.1 Å². The van der Waals surface area contributed by atoms with E-state index in [0.29, 0.717) is 5.78 Å². The van der Waals surface area contributed by atoms with E-state index in [1.54, 1.807) is 4.99 Å². The third kappa shape index (κ3) is 1.94. The van der Waals surface area contributed by atoms with E-state index in [9.17, 15) is 4.79 Å². The van der Waals surface area contributed by atoms with Crippen LogP contribution in [0.25, 0.3) is 0 Å². The highest BCUT2D eigenvalue weighted by molar-refractivity contribution is 9.11. The Hall–Kier alpha value is -0.110. The smallest absolute Gasteiger partial charge is 0.159 e. The molecule has 0 atom stereocenters. The largest absolute Gasteiger partial charge is 0.295 e. The molecule has 1 aliphatic carbocycles. The molecule has 56 valence electrons. The van der Waals surface area contributed by atoms with E-state index in [1.807, 2.05) is 0 Å². The molecular weight excluding hydrogens is 192 g/mol. The van der Waals surface area contributed by atoms with Gasteiger partial charge < -0.3 is 0 Å². The molecule has 10 heavy (non-hydrogen) atoms. The van der Waals surface area contributed by atoms with Crippen molar-refractivity contribution in [1.29, 1.82) is 0 Å². The van der Waals surface area contributed by atoms with Gasteiger partial charge in [-0.3, -0.25) is 4.79 Å². The van der Waals surface area contributed by atoms with E-state index in [-0.39, 0.29) is 0 Å². The Morgan fingerprint density at radius 1 is 1.20 bits per heavy atom. The number of rotatable bonds is 0. The summed E-state index contributed by atoms with van der Waals surface area (Å²) in [5.74, 6) is 0.328. The predicted octanol–water partition coefficient (Wildman–Crippen LogP) is 2.80. The van der Waals surface area contributed by atoms with Crippen molar-refractivity contribution >= 4 is 21.7 Å². The second kappa shape index (κ2) is 3.91. The maximum Gasteiger partial charge on any atom is 0.159 e. The van der Waals surface area contributed by atoms with Gasteiger partial charge in [0, 0.05) is 12.0 Å². The number of Topliss-reactive ketones (excluding diaryl/α,β-unsaturated/α-hetero) is 1. The van der Waals surface area contributed by atoms with Gasteiger partial charge in [-0.15, -0.1) is 0 Å². The first-order valence-corrected chi connectivity index (χ1v) is 4.58. The summed E-state index contributed by atoms with van der Waals surface area (Å²) in [4.78, 5) is 12.9. The highest BCUT2D eigenvalue weighted by atomic mass is 79.9. The average Bonchev–Trinajstić information content (AvgIpc) is 2.13. The van der Waals surface area contributed by atoms with E-state index in [0.717, 1.165) is 24.8 Å². The third-order valence-corrected chi connectivity index (χ3v) is 2.39. The Balaban J connectivity index is 2.61. The van der Waals surface area contributed by atoms with Crippen LogP contribution in [0.2, 0.25) is 0 Å². The molecule has 0 aromatic heterocycles. The summed E-state index contributed by atoms with van der Waals surface area (Å²) in [5, 5.41) is 0. The minimum absolute atomic E-state index is 0.328. The fraction of sp³-hybridized carbons (Fsp3) is 0.625. The van der Waals surface area contributed by atoms with Gasteiger partial charge in [0.1, 0.15) is 0 Å². The molecule has 0 saturated heterocycles. The number of hydrogen-bond donors (Lipinski definition) is 0. The quantitative estimate of drug-likeness (QED) is 0.437. The lowest BCUT2D eigenvalue weighted by Crippen LogP contribution is -1.97. The second-order valence-corrected chi connectivity index (χ2v) is 3.08. The molecule has 0 bridgehead atoms. The molecule has 1 nitrogen and oxygen atoms in total. The van der Waals surface area contributed by atoms with Crippen LogP contribution in [0.15, 0.2) is 10.6 Å². The van der Waals surface area contributed by atoms with Crippen LogP contribution in [0.5, 0.6) is 0 Å². The van der Waals surface area contributed by atoms with E-state index >= 15 is 0 Å². The van der Waals surface area contributed by atoms with Crippen molar-refractivity contribution in [3.8, 4) is 0 Å². The van der Waals surface area contributed by atoms with Gasteiger partial charge in [-0.25, -0.2) is 0 Å². The van der Waals surface area contributed by atoms with Crippen molar-refractivity contribution in [3.05, 3.63) is 10.6 Å². The van der Waals surface area contributed by atoms with Crippen LogP contribution in [-0.2, 0) is 4.79 Å². The Kier molecular flexibility index (Phi) is 3.13. The molecule has 0 aromatic rings. The fourth-order valence-electron chi connectivity index (χ4n) is 1.19. The molecule has 2 heteroatoms. The number of carbonyl (C=O) groups is 1. The molecule has 1 fully saturated rings. The van der Waals surface area contributed by atoms with Gasteiger partial charge in [-0.1, -0.05) is 22.4 Å². The fourth-order valence-corrected chi connectivity index (χ4v) is 1.68. The summed E-state index contributed by atoms with van der Waals surface area (Å²) in [6.07, 6.45) is 5.16. The minimum atomic E-state index is 0.328.